The number of amides is 1. The molecule has 2 aromatic carbocycles. The molecule has 0 saturated carbocycles. The number of aryl methyl sites for hydroxylation is 1. The average molecular weight is 438 g/mol. The Labute approximate surface area is 184 Å². The molecular formula is C24H14N4O5. The number of carbonyl (C=O) groups is 1. The standard InChI is InChI=1S/C24H14N4O5/c1-10-8-15-11(6-7-16(29)32-15)17-19(10)28-22(30)18-20(17)33-21(26)13(9-25)24(18)12-4-2-3-5-14(12)27-23(24)31/h2-8H,26H2,1H3,(H,27,31)(H,28,30). The third-order valence-electron chi connectivity index (χ3n) is 6.28. The van der Waals surface area contributed by atoms with Crippen LogP contribution >= 0.6 is 0 Å². The maximum absolute atomic E-state index is 13.5. The number of aromatic amines is 1. The maximum Gasteiger partial charge on any atom is 0.336 e. The number of aromatic nitrogens is 1. The number of ether oxygens (including phenoxy) is 1. The average Bonchev–Trinajstić information content (AvgIpc) is 3.06. The van der Waals surface area contributed by atoms with E-state index in [1.54, 1.807) is 43.3 Å². The lowest BCUT2D eigenvalue weighted by atomic mass is 9.69. The summed E-state index contributed by atoms with van der Waals surface area (Å²) in [6, 6.07) is 13.2. The van der Waals surface area contributed by atoms with Crippen molar-refractivity contribution in [2.75, 3.05) is 5.32 Å². The quantitative estimate of drug-likeness (QED) is 0.281. The monoisotopic (exact) mass is 438 g/mol. The molecule has 0 saturated heterocycles. The van der Waals surface area contributed by atoms with Gasteiger partial charge in [-0.2, -0.15) is 5.26 Å². The molecule has 1 amide bonds. The molecule has 160 valence electrons. The van der Waals surface area contributed by atoms with Crippen LogP contribution in [0.5, 0.6) is 5.75 Å². The second kappa shape index (κ2) is 6.11. The number of anilines is 1. The van der Waals surface area contributed by atoms with Gasteiger partial charge in [0.25, 0.3) is 5.56 Å². The largest absolute Gasteiger partial charge is 0.439 e. The van der Waals surface area contributed by atoms with Gasteiger partial charge in [-0.1, -0.05) is 18.2 Å². The number of nitrogens with zero attached hydrogens (tertiary/aromatic N) is 1. The number of para-hydroxylation sites is 1. The van der Waals surface area contributed by atoms with E-state index in [4.69, 9.17) is 14.9 Å². The second-order valence-corrected chi connectivity index (χ2v) is 7.97. The molecule has 9 nitrogen and oxygen atoms in total. The Kier molecular flexibility index (Phi) is 3.50. The summed E-state index contributed by atoms with van der Waals surface area (Å²) >= 11 is 0. The molecule has 2 aromatic heterocycles. The Balaban J connectivity index is 1.89. The molecule has 0 fully saturated rings. The molecule has 2 aliphatic heterocycles. The number of hydrogen-bond acceptors (Lipinski definition) is 7. The summed E-state index contributed by atoms with van der Waals surface area (Å²) in [5.74, 6) is -0.823. The van der Waals surface area contributed by atoms with E-state index in [-0.39, 0.29) is 28.4 Å². The minimum Gasteiger partial charge on any atom is -0.439 e. The van der Waals surface area contributed by atoms with E-state index < -0.39 is 22.5 Å². The van der Waals surface area contributed by atoms with Crippen LogP contribution in [0.25, 0.3) is 21.9 Å². The summed E-state index contributed by atoms with van der Waals surface area (Å²) in [5, 5.41) is 13.7. The fraction of sp³-hybridized carbons (Fsp3) is 0.0833. The zero-order valence-electron chi connectivity index (χ0n) is 17.1. The molecule has 1 atom stereocenters. The second-order valence-electron chi connectivity index (χ2n) is 7.97. The number of nitrogens with one attached hydrogen (secondary N) is 2. The molecule has 4 aromatic rings. The first kappa shape index (κ1) is 18.9. The van der Waals surface area contributed by atoms with Crippen molar-refractivity contribution >= 4 is 33.5 Å². The highest BCUT2D eigenvalue weighted by Gasteiger charge is 2.58. The van der Waals surface area contributed by atoms with Crippen LogP contribution in [0, 0.1) is 18.3 Å². The minimum atomic E-state index is -1.80. The van der Waals surface area contributed by atoms with Gasteiger partial charge in [0, 0.05) is 22.7 Å². The van der Waals surface area contributed by atoms with Crippen LogP contribution in [0.3, 0.4) is 0 Å². The Hall–Kier alpha value is -4.84. The SMILES string of the molecule is Cc1cc2oc(=O)ccc2c2c3c(c(=O)[nH]c12)C1(C(=O)Nc2ccccc21)C(C#N)=C(N)O3. The van der Waals surface area contributed by atoms with Gasteiger partial charge in [-0.3, -0.25) is 9.59 Å². The fourth-order valence-corrected chi connectivity index (χ4v) is 4.95. The van der Waals surface area contributed by atoms with Crippen LogP contribution in [0.15, 0.2) is 67.9 Å². The first-order valence-electron chi connectivity index (χ1n) is 10.0. The van der Waals surface area contributed by atoms with E-state index in [2.05, 4.69) is 10.3 Å². The van der Waals surface area contributed by atoms with Gasteiger partial charge in [-0.15, -0.1) is 0 Å². The number of nitrogens with two attached hydrogens (primary N) is 1. The molecule has 9 heteroatoms. The molecule has 2 aliphatic rings. The summed E-state index contributed by atoms with van der Waals surface area (Å²) in [6.45, 7) is 1.74. The molecule has 1 unspecified atom stereocenters. The number of benzene rings is 2. The van der Waals surface area contributed by atoms with Crippen molar-refractivity contribution in [3.05, 3.63) is 91.4 Å². The number of nitriles is 1. The summed E-state index contributed by atoms with van der Waals surface area (Å²) in [7, 11) is 0. The highest BCUT2D eigenvalue weighted by atomic mass is 16.5. The molecule has 0 bridgehead atoms. The third-order valence-corrected chi connectivity index (χ3v) is 6.28. The van der Waals surface area contributed by atoms with Gasteiger partial charge >= 0.3 is 5.63 Å². The number of pyridine rings is 1. The van der Waals surface area contributed by atoms with Crippen LogP contribution in [0.2, 0.25) is 0 Å². The van der Waals surface area contributed by atoms with Crippen molar-refractivity contribution in [2.45, 2.75) is 12.3 Å². The molecule has 33 heavy (non-hydrogen) atoms. The summed E-state index contributed by atoms with van der Waals surface area (Å²) in [5.41, 5.74) is 5.27. The number of H-pyrrole nitrogens is 1. The van der Waals surface area contributed by atoms with Gasteiger partial charge < -0.3 is 25.2 Å². The van der Waals surface area contributed by atoms with Crippen molar-refractivity contribution in [1.29, 1.82) is 5.26 Å². The van der Waals surface area contributed by atoms with Gasteiger partial charge in [0.15, 0.2) is 5.41 Å². The first-order chi connectivity index (χ1) is 15.9. The highest BCUT2D eigenvalue weighted by Crippen LogP contribution is 2.53. The van der Waals surface area contributed by atoms with Gasteiger partial charge in [-0.25, -0.2) is 4.79 Å². The van der Waals surface area contributed by atoms with E-state index in [0.717, 1.165) is 0 Å². The van der Waals surface area contributed by atoms with E-state index in [9.17, 15) is 19.6 Å². The van der Waals surface area contributed by atoms with Crippen LogP contribution in [-0.4, -0.2) is 10.9 Å². The predicted molar refractivity (Wildman–Crippen MR) is 119 cm³/mol. The van der Waals surface area contributed by atoms with Crippen LogP contribution < -0.4 is 27.0 Å². The molecule has 6 rings (SSSR count). The lowest BCUT2D eigenvalue weighted by Gasteiger charge is -2.33. The first-order valence-corrected chi connectivity index (χ1v) is 10.0. The van der Waals surface area contributed by atoms with Gasteiger partial charge in [0.2, 0.25) is 11.8 Å². The number of rotatable bonds is 0. The van der Waals surface area contributed by atoms with Gasteiger partial charge in [0.1, 0.15) is 23.0 Å². The molecule has 4 heterocycles. The van der Waals surface area contributed by atoms with Crippen molar-refractivity contribution in [1.82, 2.24) is 4.98 Å². The van der Waals surface area contributed by atoms with Crippen LogP contribution in [0.4, 0.5) is 5.69 Å². The van der Waals surface area contributed by atoms with E-state index in [0.29, 0.717) is 33.1 Å². The number of carbonyl (C=O) groups excluding carboxylic acids is 1. The van der Waals surface area contributed by atoms with E-state index in [1.165, 1.54) is 6.07 Å². The number of fused-ring (bicyclic) bond motifs is 8. The van der Waals surface area contributed by atoms with Crippen molar-refractivity contribution in [3.63, 3.8) is 0 Å². The normalized spacial score (nSPS) is 18.7. The lowest BCUT2D eigenvalue weighted by Crippen LogP contribution is -2.46. The van der Waals surface area contributed by atoms with Crippen molar-refractivity contribution < 1.29 is 13.9 Å². The molecule has 1 spiro atoms. The Morgan fingerprint density at radius 2 is 1.91 bits per heavy atom. The topological polar surface area (TPSA) is 151 Å². The maximum atomic E-state index is 13.5. The Morgan fingerprint density at radius 3 is 2.70 bits per heavy atom. The van der Waals surface area contributed by atoms with E-state index >= 15 is 0 Å². The molecular weight excluding hydrogens is 424 g/mol. The summed E-state index contributed by atoms with van der Waals surface area (Å²) in [6.07, 6.45) is 0. The fourth-order valence-electron chi connectivity index (χ4n) is 4.95. The number of hydrogen-bond donors (Lipinski definition) is 3. The smallest absolute Gasteiger partial charge is 0.336 e. The van der Waals surface area contributed by atoms with Gasteiger partial charge in [0.05, 0.1) is 16.5 Å². The zero-order valence-corrected chi connectivity index (χ0v) is 17.1. The van der Waals surface area contributed by atoms with Crippen molar-refractivity contribution in [3.8, 4) is 11.8 Å². The summed E-state index contributed by atoms with van der Waals surface area (Å²) in [4.78, 5) is 41.7. The van der Waals surface area contributed by atoms with Crippen molar-refractivity contribution in [2.24, 2.45) is 5.73 Å². The van der Waals surface area contributed by atoms with Crippen LogP contribution in [-0.2, 0) is 10.2 Å². The summed E-state index contributed by atoms with van der Waals surface area (Å²) < 4.78 is 11.2. The minimum absolute atomic E-state index is 0.0413. The zero-order chi connectivity index (χ0) is 23.1. The van der Waals surface area contributed by atoms with Gasteiger partial charge in [-0.05, 0) is 30.7 Å². The Morgan fingerprint density at radius 1 is 1.12 bits per heavy atom. The van der Waals surface area contributed by atoms with E-state index in [1.807, 2.05) is 6.07 Å². The van der Waals surface area contributed by atoms with Crippen LogP contribution in [0.1, 0.15) is 16.7 Å². The highest BCUT2D eigenvalue weighted by molar-refractivity contribution is 6.15. The molecule has 0 aliphatic carbocycles. The Bertz CT molecular complexity index is 1770. The third kappa shape index (κ3) is 2.16. The molecule has 4 N–H and O–H groups in total. The predicted octanol–water partition coefficient (Wildman–Crippen LogP) is 2.27. The lowest BCUT2D eigenvalue weighted by molar-refractivity contribution is -0.118. The molecule has 0 radical (unpaired) electrons.